The highest BCUT2D eigenvalue weighted by Gasteiger charge is 2.16. The lowest BCUT2D eigenvalue weighted by Crippen LogP contribution is -2.11. The summed E-state index contributed by atoms with van der Waals surface area (Å²) in [6, 6.07) is 10.1. The molecular weight excluding hydrogens is 266 g/mol. The van der Waals surface area contributed by atoms with Crippen molar-refractivity contribution in [2.75, 3.05) is 12.4 Å². The number of carbonyl (C=O) groups is 1. The summed E-state index contributed by atoms with van der Waals surface area (Å²) in [6.45, 7) is 7.06. The average molecular weight is 287 g/mol. The summed E-state index contributed by atoms with van der Waals surface area (Å²) in [5.41, 5.74) is 3.20. The summed E-state index contributed by atoms with van der Waals surface area (Å²) < 4.78 is 9.84. The maximum absolute atomic E-state index is 11.5. The average Bonchev–Trinajstić information content (AvgIpc) is 2.92. The molecular formula is C17H21NO3. The van der Waals surface area contributed by atoms with Crippen LogP contribution in [-0.2, 0) is 16.7 Å². The van der Waals surface area contributed by atoms with E-state index in [2.05, 4.69) is 43.0 Å². The van der Waals surface area contributed by atoms with Crippen LogP contribution in [0.2, 0.25) is 0 Å². The van der Waals surface area contributed by atoms with E-state index in [1.807, 2.05) is 12.1 Å². The van der Waals surface area contributed by atoms with Crippen LogP contribution in [0.3, 0.4) is 0 Å². The predicted molar refractivity (Wildman–Crippen MR) is 82.5 cm³/mol. The molecule has 0 atom stereocenters. The van der Waals surface area contributed by atoms with Crippen molar-refractivity contribution in [3.05, 3.63) is 53.5 Å². The largest absolute Gasteiger partial charge is 0.463 e. The minimum absolute atomic E-state index is 0.140. The minimum Gasteiger partial charge on any atom is -0.463 e. The van der Waals surface area contributed by atoms with Gasteiger partial charge in [-0.05, 0) is 29.2 Å². The molecule has 1 aromatic carbocycles. The van der Waals surface area contributed by atoms with Gasteiger partial charge in [0.2, 0.25) is 5.76 Å². The summed E-state index contributed by atoms with van der Waals surface area (Å²) in [4.78, 5) is 11.5. The van der Waals surface area contributed by atoms with Gasteiger partial charge in [0.15, 0.2) is 0 Å². The molecule has 1 N–H and O–H groups in total. The van der Waals surface area contributed by atoms with E-state index in [0.29, 0.717) is 6.54 Å². The number of hydrogen-bond donors (Lipinski definition) is 1. The molecule has 0 bridgehead atoms. The molecule has 4 heteroatoms. The van der Waals surface area contributed by atoms with Crippen molar-refractivity contribution in [1.82, 2.24) is 0 Å². The number of anilines is 1. The Kier molecular flexibility index (Phi) is 4.36. The SMILES string of the molecule is COC(=O)c1occc1CNc1ccc(C(C)(C)C)cc1. The molecule has 0 aliphatic rings. The molecule has 4 nitrogen and oxygen atoms in total. The van der Waals surface area contributed by atoms with Crippen LogP contribution in [0.15, 0.2) is 41.0 Å². The highest BCUT2D eigenvalue weighted by atomic mass is 16.5. The molecule has 0 aliphatic carbocycles. The molecule has 0 fully saturated rings. The summed E-state index contributed by atoms with van der Waals surface area (Å²) in [6.07, 6.45) is 1.49. The third-order valence-corrected chi connectivity index (χ3v) is 3.35. The lowest BCUT2D eigenvalue weighted by Gasteiger charge is -2.19. The third-order valence-electron chi connectivity index (χ3n) is 3.35. The fraction of sp³-hybridized carbons (Fsp3) is 0.353. The number of methoxy groups -OCH3 is 1. The van der Waals surface area contributed by atoms with Gasteiger partial charge in [0.25, 0.3) is 0 Å². The number of benzene rings is 1. The van der Waals surface area contributed by atoms with Gasteiger partial charge in [-0.3, -0.25) is 0 Å². The Balaban J connectivity index is 2.04. The van der Waals surface area contributed by atoms with E-state index in [-0.39, 0.29) is 11.2 Å². The Bertz CT molecular complexity index is 606. The number of furan rings is 1. The van der Waals surface area contributed by atoms with E-state index in [9.17, 15) is 4.79 Å². The Morgan fingerprint density at radius 1 is 1.19 bits per heavy atom. The van der Waals surface area contributed by atoms with Crippen molar-refractivity contribution in [2.24, 2.45) is 0 Å². The van der Waals surface area contributed by atoms with E-state index in [0.717, 1.165) is 11.3 Å². The molecule has 0 unspecified atom stereocenters. The van der Waals surface area contributed by atoms with Gasteiger partial charge in [-0.15, -0.1) is 0 Å². The van der Waals surface area contributed by atoms with Crippen LogP contribution < -0.4 is 5.32 Å². The van der Waals surface area contributed by atoms with Crippen LogP contribution in [0, 0.1) is 0 Å². The zero-order valence-electron chi connectivity index (χ0n) is 12.9. The van der Waals surface area contributed by atoms with Crippen molar-refractivity contribution in [2.45, 2.75) is 32.7 Å². The quantitative estimate of drug-likeness (QED) is 0.864. The second-order valence-electron chi connectivity index (χ2n) is 5.95. The Morgan fingerprint density at radius 2 is 1.86 bits per heavy atom. The maximum atomic E-state index is 11.5. The zero-order valence-corrected chi connectivity index (χ0v) is 12.9. The monoisotopic (exact) mass is 287 g/mol. The fourth-order valence-electron chi connectivity index (χ4n) is 2.03. The number of nitrogens with one attached hydrogen (secondary N) is 1. The molecule has 0 amide bonds. The standard InChI is InChI=1S/C17H21NO3/c1-17(2,3)13-5-7-14(8-6-13)18-11-12-9-10-21-15(12)16(19)20-4/h5-10,18H,11H2,1-4H3. The Labute approximate surface area is 125 Å². The molecule has 1 aromatic heterocycles. The molecule has 0 spiro atoms. The van der Waals surface area contributed by atoms with Crippen molar-refractivity contribution < 1.29 is 13.9 Å². The van der Waals surface area contributed by atoms with Crippen LogP contribution in [0.1, 0.15) is 42.5 Å². The van der Waals surface area contributed by atoms with Crippen LogP contribution in [0.5, 0.6) is 0 Å². The molecule has 0 saturated heterocycles. The van der Waals surface area contributed by atoms with Crippen LogP contribution >= 0.6 is 0 Å². The zero-order chi connectivity index (χ0) is 15.5. The van der Waals surface area contributed by atoms with Crippen LogP contribution in [0.4, 0.5) is 5.69 Å². The van der Waals surface area contributed by atoms with Crippen LogP contribution in [-0.4, -0.2) is 13.1 Å². The number of ether oxygens (including phenoxy) is 1. The second kappa shape index (κ2) is 6.04. The van der Waals surface area contributed by atoms with Gasteiger partial charge in [-0.2, -0.15) is 0 Å². The number of rotatable bonds is 4. The predicted octanol–water partition coefficient (Wildman–Crippen LogP) is 3.98. The van der Waals surface area contributed by atoms with Crippen molar-refractivity contribution >= 4 is 11.7 Å². The number of carbonyl (C=O) groups excluding carboxylic acids is 1. The van der Waals surface area contributed by atoms with E-state index in [1.54, 1.807) is 6.07 Å². The Morgan fingerprint density at radius 3 is 2.43 bits per heavy atom. The summed E-state index contributed by atoms with van der Waals surface area (Å²) in [7, 11) is 1.34. The minimum atomic E-state index is -0.458. The van der Waals surface area contributed by atoms with E-state index in [1.165, 1.54) is 18.9 Å². The van der Waals surface area contributed by atoms with E-state index in [4.69, 9.17) is 4.42 Å². The first kappa shape index (κ1) is 15.2. The molecule has 1 heterocycles. The van der Waals surface area contributed by atoms with Gasteiger partial charge in [0, 0.05) is 17.8 Å². The van der Waals surface area contributed by atoms with Gasteiger partial charge in [0.1, 0.15) is 0 Å². The normalized spacial score (nSPS) is 11.2. The lowest BCUT2D eigenvalue weighted by atomic mass is 9.87. The molecule has 2 aromatic rings. The van der Waals surface area contributed by atoms with Crippen molar-refractivity contribution in [3.8, 4) is 0 Å². The highest BCUT2D eigenvalue weighted by Crippen LogP contribution is 2.24. The smallest absolute Gasteiger partial charge is 0.374 e. The van der Waals surface area contributed by atoms with Crippen molar-refractivity contribution in [1.29, 1.82) is 0 Å². The van der Waals surface area contributed by atoms with E-state index < -0.39 is 5.97 Å². The van der Waals surface area contributed by atoms with Gasteiger partial charge in [-0.25, -0.2) is 4.79 Å². The number of esters is 1. The lowest BCUT2D eigenvalue weighted by molar-refractivity contribution is 0.0563. The maximum Gasteiger partial charge on any atom is 0.374 e. The van der Waals surface area contributed by atoms with Gasteiger partial charge in [0.05, 0.1) is 13.4 Å². The molecule has 112 valence electrons. The van der Waals surface area contributed by atoms with Gasteiger partial charge in [-0.1, -0.05) is 32.9 Å². The summed E-state index contributed by atoms with van der Waals surface area (Å²) >= 11 is 0. The Hall–Kier alpha value is -2.23. The second-order valence-corrected chi connectivity index (χ2v) is 5.95. The first-order valence-corrected chi connectivity index (χ1v) is 6.91. The van der Waals surface area contributed by atoms with Crippen LogP contribution in [0.25, 0.3) is 0 Å². The van der Waals surface area contributed by atoms with E-state index >= 15 is 0 Å². The molecule has 2 rings (SSSR count). The molecule has 21 heavy (non-hydrogen) atoms. The van der Waals surface area contributed by atoms with Gasteiger partial charge < -0.3 is 14.5 Å². The van der Waals surface area contributed by atoms with Crippen molar-refractivity contribution in [3.63, 3.8) is 0 Å². The molecule has 0 radical (unpaired) electrons. The highest BCUT2D eigenvalue weighted by molar-refractivity contribution is 5.87. The van der Waals surface area contributed by atoms with Gasteiger partial charge >= 0.3 is 5.97 Å². The first-order chi connectivity index (χ1) is 9.91. The topological polar surface area (TPSA) is 51.5 Å². The summed E-state index contributed by atoms with van der Waals surface area (Å²) in [5.74, 6) is -0.212. The first-order valence-electron chi connectivity index (χ1n) is 6.91. The summed E-state index contributed by atoms with van der Waals surface area (Å²) in [5, 5.41) is 3.28. The third kappa shape index (κ3) is 3.66. The number of hydrogen-bond acceptors (Lipinski definition) is 4. The molecule has 0 saturated carbocycles. The molecule has 0 aliphatic heterocycles. The fourth-order valence-corrected chi connectivity index (χ4v) is 2.03.